The summed E-state index contributed by atoms with van der Waals surface area (Å²) in [6.45, 7) is 3.96. The van der Waals surface area contributed by atoms with E-state index in [0.717, 1.165) is 48.4 Å². The third-order valence-electron chi connectivity index (χ3n) is 5.93. The van der Waals surface area contributed by atoms with Gasteiger partial charge in [-0.25, -0.2) is 4.98 Å². The Hall–Kier alpha value is -0.900. The van der Waals surface area contributed by atoms with Crippen LogP contribution in [0, 0.1) is 23.7 Å². The molecule has 0 aromatic carbocycles. The Balaban J connectivity index is 1.58. The SMILES string of the molecule is CCNCc1nc(C2C3CC4CC(C3)CC2C4)nn1C. The molecule has 1 aromatic heterocycles. The van der Waals surface area contributed by atoms with Crippen LogP contribution in [-0.2, 0) is 13.6 Å². The molecular formula is C16H26N4. The Morgan fingerprint density at radius 3 is 2.35 bits per heavy atom. The van der Waals surface area contributed by atoms with E-state index in [2.05, 4.69) is 12.2 Å². The van der Waals surface area contributed by atoms with Crippen molar-refractivity contribution in [1.82, 2.24) is 20.1 Å². The van der Waals surface area contributed by atoms with Crippen LogP contribution >= 0.6 is 0 Å². The van der Waals surface area contributed by atoms with Crippen LogP contribution in [0.3, 0.4) is 0 Å². The van der Waals surface area contributed by atoms with Crippen LogP contribution in [-0.4, -0.2) is 21.3 Å². The number of rotatable bonds is 4. The first-order chi connectivity index (χ1) is 9.74. The second kappa shape index (κ2) is 4.83. The fourth-order valence-electron chi connectivity index (χ4n) is 5.32. The average Bonchev–Trinajstić information content (AvgIpc) is 2.76. The highest BCUT2D eigenvalue weighted by atomic mass is 15.3. The van der Waals surface area contributed by atoms with E-state index in [1.165, 1.54) is 32.1 Å². The zero-order valence-electron chi connectivity index (χ0n) is 12.7. The van der Waals surface area contributed by atoms with Gasteiger partial charge < -0.3 is 5.32 Å². The fourth-order valence-corrected chi connectivity index (χ4v) is 5.32. The Morgan fingerprint density at radius 2 is 1.75 bits per heavy atom. The van der Waals surface area contributed by atoms with E-state index in [1.54, 1.807) is 0 Å². The molecule has 0 amide bonds. The van der Waals surface area contributed by atoms with Crippen molar-refractivity contribution in [2.24, 2.45) is 30.7 Å². The van der Waals surface area contributed by atoms with Gasteiger partial charge in [-0.15, -0.1) is 0 Å². The molecule has 1 N–H and O–H groups in total. The summed E-state index contributed by atoms with van der Waals surface area (Å²) in [4.78, 5) is 4.88. The van der Waals surface area contributed by atoms with E-state index in [-0.39, 0.29) is 0 Å². The topological polar surface area (TPSA) is 42.7 Å². The average molecular weight is 274 g/mol. The lowest BCUT2D eigenvalue weighted by atomic mass is 9.52. The summed E-state index contributed by atoms with van der Waals surface area (Å²) >= 11 is 0. The molecule has 4 aliphatic carbocycles. The molecule has 4 fully saturated rings. The molecule has 0 aliphatic heterocycles. The smallest absolute Gasteiger partial charge is 0.154 e. The molecule has 0 spiro atoms. The van der Waals surface area contributed by atoms with Gasteiger partial charge in [0, 0.05) is 13.0 Å². The lowest BCUT2D eigenvalue weighted by molar-refractivity contribution is -0.00566. The maximum Gasteiger partial charge on any atom is 0.154 e. The van der Waals surface area contributed by atoms with Crippen LogP contribution in [0.4, 0.5) is 0 Å². The van der Waals surface area contributed by atoms with E-state index in [4.69, 9.17) is 10.1 Å². The molecular weight excluding hydrogens is 248 g/mol. The van der Waals surface area contributed by atoms with Gasteiger partial charge in [-0.05, 0) is 62.3 Å². The lowest BCUT2D eigenvalue weighted by Crippen LogP contribution is -2.44. The molecule has 4 heteroatoms. The molecule has 0 radical (unpaired) electrons. The minimum atomic E-state index is 0.657. The number of hydrogen-bond donors (Lipinski definition) is 1. The van der Waals surface area contributed by atoms with Gasteiger partial charge in [0.1, 0.15) is 5.82 Å². The summed E-state index contributed by atoms with van der Waals surface area (Å²) in [5.74, 6) is 6.70. The molecule has 0 unspecified atom stereocenters. The molecule has 0 atom stereocenters. The summed E-state index contributed by atoms with van der Waals surface area (Å²) in [6, 6.07) is 0. The van der Waals surface area contributed by atoms with Crippen molar-refractivity contribution in [3.05, 3.63) is 11.6 Å². The summed E-state index contributed by atoms with van der Waals surface area (Å²) in [6.07, 6.45) is 7.29. The van der Waals surface area contributed by atoms with E-state index < -0.39 is 0 Å². The monoisotopic (exact) mass is 274 g/mol. The van der Waals surface area contributed by atoms with Crippen molar-refractivity contribution in [2.45, 2.75) is 51.5 Å². The molecule has 4 bridgehead atoms. The number of aromatic nitrogens is 3. The Bertz CT molecular complexity index is 465. The van der Waals surface area contributed by atoms with E-state index >= 15 is 0 Å². The molecule has 1 aromatic rings. The molecule has 4 nitrogen and oxygen atoms in total. The van der Waals surface area contributed by atoms with Crippen LogP contribution < -0.4 is 5.32 Å². The van der Waals surface area contributed by atoms with Crippen LogP contribution in [0.2, 0.25) is 0 Å². The highest BCUT2D eigenvalue weighted by Crippen LogP contribution is 2.59. The van der Waals surface area contributed by atoms with Crippen molar-refractivity contribution < 1.29 is 0 Å². The third-order valence-corrected chi connectivity index (χ3v) is 5.93. The quantitative estimate of drug-likeness (QED) is 0.917. The summed E-state index contributed by atoms with van der Waals surface area (Å²) in [7, 11) is 2.04. The van der Waals surface area contributed by atoms with E-state index in [9.17, 15) is 0 Å². The fraction of sp³-hybridized carbons (Fsp3) is 0.875. The van der Waals surface area contributed by atoms with Gasteiger partial charge in [0.05, 0.1) is 6.54 Å². The van der Waals surface area contributed by atoms with Crippen LogP contribution in [0.1, 0.15) is 56.6 Å². The predicted octanol–water partition coefficient (Wildman–Crippen LogP) is 2.46. The largest absolute Gasteiger partial charge is 0.310 e. The first-order valence-corrected chi connectivity index (χ1v) is 8.35. The van der Waals surface area contributed by atoms with Crippen LogP contribution in [0.25, 0.3) is 0 Å². The zero-order valence-corrected chi connectivity index (χ0v) is 12.7. The minimum absolute atomic E-state index is 0.657. The van der Waals surface area contributed by atoms with E-state index in [0.29, 0.717) is 5.92 Å². The molecule has 4 saturated carbocycles. The highest BCUT2D eigenvalue weighted by Gasteiger charge is 2.50. The van der Waals surface area contributed by atoms with Gasteiger partial charge in [-0.3, -0.25) is 4.68 Å². The standard InChI is InChI=1S/C16H26N4/c1-3-17-9-14-18-16(19-20(14)2)15-12-5-10-4-11(7-12)8-13(15)6-10/h10-13,15,17H,3-9H2,1-2H3. The lowest BCUT2D eigenvalue weighted by Gasteiger charge is -2.53. The van der Waals surface area contributed by atoms with Crippen molar-refractivity contribution in [2.75, 3.05) is 6.54 Å². The maximum atomic E-state index is 4.88. The molecule has 110 valence electrons. The van der Waals surface area contributed by atoms with Crippen molar-refractivity contribution in [3.63, 3.8) is 0 Å². The summed E-state index contributed by atoms with van der Waals surface area (Å²) in [5.41, 5.74) is 0. The second-order valence-corrected chi connectivity index (χ2v) is 7.25. The number of nitrogens with zero attached hydrogens (tertiary/aromatic N) is 3. The highest BCUT2D eigenvalue weighted by molar-refractivity contribution is 5.11. The van der Waals surface area contributed by atoms with Gasteiger partial charge >= 0.3 is 0 Å². The van der Waals surface area contributed by atoms with Gasteiger partial charge in [-0.2, -0.15) is 5.10 Å². The molecule has 1 heterocycles. The van der Waals surface area contributed by atoms with Crippen molar-refractivity contribution in [1.29, 1.82) is 0 Å². The number of hydrogen-bond acceptors (Lipinski definition) is 3. The molecule has 0 saturated heterocycles. The van der Waals surface area contributed by atoms with Gasteiger partial charge in [-0.1, -0.05) is 6.92 Å². The van der Waals surface area contributed by atoms with Gasteiger partial charge in [0.2, 0.25) is 0 Å². The maximum absolute atomic E-state index is 4.88. The summed E-state index contributed by atoms with van der Waals surface area (Å²) < 4.78 is 1.99. The van der Waals surface area contributed by atoms with Crippen molar-refractivity contribution >= 4 is 0 Å². The molecule has 4 aliphatic rings. The van der Waals surface area contributed by atoms with Crippen LogP contribution in [0.15, 0.2) is 0 Å². The summed E-state index contributed by atoms with van der Waals surface area (Å²) in [5, 5.41) is 8.14. The van der Waals surface area contributed by atoms with Gasteiger partial charge in [0.25, 0.3) is 0 Å². The minimum Gasteiger partial charge on any atom is -0.310 e. The Kier molecular flexibility index (Phi) is 3.09. The Labute approximate surface area is 121 Å². The zero-order chi connectivity index (χ0) is 13.7. The number of nitrogens with one attached hydrogen (secondary N) is 1. The molecule has 5 rings (SSSR count). The van der Waals surface area contributed by atoms with Crippen LogP contribution in [0.5, 0.6) is 0 Å². The first kappa shape index (κ1) is 12.8. The predicted molar refractivity (Wildman–Crippen MR) is 78.2 cm³/mol. The second-order valence-electron chi connectivity index (χ2n) is 7.25. The van der Waals surface area contributed by atoms with Crippen molar-refractivity contribution in [3.8, 4) is 0 Å². The Morgan fingerprint density at radius 1 is 1.10 bits per heavy atom. The normalized spacial score (nSPS) is 38.6. The van der Waals surface area contributed by atoms with E-state index in [1.807, 2.05) is 11.7 Å². The number of aryl methyl sites for hydroxylation is 1. The van der Waals surface area contributed by atoms with Gasteiger partial charge in [0.15, 0.2) is 5.82 Å². The molecule has 20 heavy (non-hydrogen) atoms. The first-order valence-electron chi connectivity index (χ1n) is 8.35. The third kappa shape index (κ3) is 2.00.